The number of benzene rings is 2. The molecule has 2 aromatic carbocycles. The summed E-state index contributed by atoms with van der Waals surface area (Å²) >= 11 is 0. The number of rotatable bonds is 5. The van der Waals surface area contributed by atoms with E-state index in [1.807, 2.05) is 0 Å². The maximum atomic E-state index is 3.57. The fourth-order valence-corrected chi connectivity index (χ4v) is 2.52. The summed E-state index contributed by atoms with van der Waals surface area (Å²) in [7, 11) is 0. The summed E-state index contributed by atoms with van der Waals surface area (Å²) in [5.41, 5.74) is 7.02. The second kappa shape index (κ2) is 6.53. The molecule has 0 bridgehead atoms. The van der Waals surface area contributed by atoms with Crippen LogP contribution in [0.3, 0.4) is 0 Å². The van der Waals surface area contributed by atoms with Crippen molar-refractivity contribution in [2.75, 3.05) is 0 Å². The fourth-order valence-electron chi connectivity index (χ4n) is 2.52. The Morgan fingerprint density at radius 1 is 0.789 bits per heavy atom. The third-order valence-electron chi connectivity index (χ3n) is 3.76. The number of hydrogen-bond donors (Lipinski definition) is 1. The summed E-state index contributed by atoms with van der Waals surface area (Å²) in [6.45, 7) is 8.46. The van der Waals surface area contributed by atoms with Gasteiger partial charge in [-0.3, -0.25) is 0 Å². The first-order chi connectivity index (χ1) is 9.22. The molecule has 0 aliphatic carbocycles. The Kier molecular flexibility index (Phi) is 4.75. The Labute approximate surface area is 116 Å². The summed E-state index contributed by atoms with van der Waals surface area (Å²) in [5.74, 6) is 0. The lowest BCUT2D eigenvalue weighted by atomic mass is 10.0. The monoisotopic (exact) mass is 253 g/mol. The molecule has 2 rings (SSSR count). The molecule has 1 heteroatoms. The molecule has 1 N–H and O–H groups in total. The van der Waals surface area contributed by atoms with E-state index in [1.165, 1.54) is 27.8 Å². The predicted octanol–water partition coefficient (Wildman–Crippen LogP) is 4.16. The van der Waals surface area contributed by atoms with Crippen molar-refractivity contribution in [3.63, 3.8) is 0 Å². The Morgan fingerprint density at radius 2 is 1.42 bits per heavy atom. The van der Waals surface area contributed by atoms with Crippen LogP contribution in [0.15, 0.2) is 42.5 Å². The molecule has 0 unspecified atom stereocenters. The number of aryl methyl sites for hydroxylation is 3. The maximum absolute atomic E-state index is 3.57. The minimum atomic E-state index is 0.941. The lowest BCUT2D eigenvalue weighted by Gasteiger charge is -2.12. The van der Waals surface area contributed by atoms with E-state index in [9.17, 15) is 0 Å². The van der Waals surface area contributed by atoms with Crippen molar-refractivity contribution < 1.29 is 0 Å². The highest BCUT2D eigenvalue weighted by Gasteiger charge is 2.03. The van der Waals surface area contributed by atoms with Gasteiger partial charge in [-0.1, -0.05) is 49.4 Å². The standard InChI is InChI=1S/C18H23N/c1-4-16-10-5-6-11-17(16)12-19-13-18-14(2)8-7-9-15(18)3/h5-11,19H,4,12-13H2,1-3H3. The van der Waals surface area contributed by atoms with Crippen LogP contribution in [0, 0.1) is 13.8 Å². The average molecular weight is 253 g/mol. The van der Waals surface area contributed by atoms with E-state index in [0.717, 1.165) is 19.5 Å². The van der Waals surface area contributed by atoms with Crippen molar-refractivity contribution in [3.05, 3.63) is 70.3 Å². The first-order valence-corrected chi connectivity index (χ1v) is 7.05. The van der Waals surface area contributed by atoms with Crippen LogP contribution >= 0.6 is 0 Å². The molecular weight excluding hydrogens is 230 g/mol. The van der Waals surface area contributed by atoms with Crippen molar-refractivity contribution in [1.29, 1.82) is 0 Å². The van der Waals surface area contributed by atoms with Crippen LogP contribution in [0.5, 0.6) is 0 Å². The first kappa shape index (κ1) is 13.8. The van der Waals surface area contributed by atoms with Crippen molar-refractivity contribution >= 4 is 0 Å². The van der Waals surface area contributed by atoms with Crippen molar-refractivity contribution in [3.8, 4) is 0 Å². The van der Waals surface area contributed by atoms with Gasteiger partial charge in [0.1, 0.15) is 0 Å². The predicted molar refractivity (Wildman–Crippen MR) is 82.3 cm³/mol. The van der Waals surface area contributed by atoms with E-state index in [0.29, 0.717) is 0 Å². The quantitative estimate of drug-likeness (QED) is 0.844. The highest BCUT2D eigenvalue weighted by molar-refractivity contribution is 5.33. The molecule has 0 aliphatic heterocycles. The topological polar surface area (TPSA) is 12.0 Å². The van der Waals surface area contributed by atoms with Gasteiger partial charge in [0.15, 0.2) is 0 Å². The molecule has 2 aromatic rings. The van der Waals surface area contributed by atoms with Gasteiger partial charge in [-0.25, -0.2) is 0 Å². The molecule has 1 nitrogen and oxygen atoms in total. The van der Waals surface area contributed by atoms with Gasteiger partial charge >= 0.3 is 0 Å². The first-order valence-electron chi connectivity index (χ1n) is 7.05. The summed E-state index contributed by atoms with van der Waals surface area (Å²) in [6.07, 6.45) is 1.10. The molecule has 0 saturated carbocycles. The summed E-state index contributed by atoms with van der Waals surface area (Å²) in [6, 6.07) is 15.2. The van der Waals surface area contributed by atoms with Gasteiger partial charge in [-0.2, -0.15) is 0 Å². The summed E-state index contributed by atoms with van der Waals surface area (Å²) < 4.78 is 0. The van der Waals surface area contributed by atoms with Crippen LogP contribution in [-0.4, -0.2) is 0 Å². The zero-order valence-corrected chi connectivity index (χ0v) is 12.2. The van der Waals surface area contributed by atoms with E-state index >= 15 is 0 Å². The highest BCUT2D eigenvalue weighted by Crippen LogP contribution is 2.14. The molecule has 0 aromatic heterocycles. The third-order valence-corrected chi connectivity index (χ3v) is 3.76. The van der Waals surface area contributed by atoms with Crippen molar-refractivity contribution in [2.45, 2.75) is 40.3 Å². The van der Waals surface area contributed by atoms with Crippen LogP contribution in [0.2, 0.25) is 0 Å². The zero-order valence-electron chi connectivity index (χ0n) is 12.2. The average Bonchev–Trinajstić information content (AvgIpc) is 2.42. The SMILES string of the molecule is CCc1ccccc1CNCc1c(C)cccc1C. The Hall–Kier alpha value is -1.60. The van der Waals surface area contributed by atoms with Crippen molar-refractivity contribution in [2.24, 2.45) is 0 Å². The minimum absolute atomic E-state index is 0.941. The Bertz CT molecular complexity index is 523. The molecule has 0 fully saturated rings. The molecule has 0 aliphatic rings. The molecule has 0 radical (unpaired) electrons. The molecular formula is C18H23N. The molecule has 0 amide bonds. The second-order valence-corrected chi connectivity index (χ2v) is 5.10. The Balaban J connectivity index is 2.00. The van der Waals surface area contributed by atoms with E-state index in [2.05, 4.69) is 68.6 Å². The lowest BCUT2D eigenvalue weighted by molar-refractivity contribution is 0.683. The van der Waals surface area contributed by atoms with E-state index in [1.54, 1.807) is 0 Å². The largest absolute Gasteiger partial charge is 0.309 e. The van der Waals surface area contributed by atoms with E-state index in [-0.39, 0.29) is 0 Å². The van der Waals surface area contributed by atoms with E-state index < -0.39 is 0 Å². The van der Waals surface area contributed by atoms with Gasteiger partial charge in [0.2, 0.25) is 0 Å². The van der Waals surface area contributed by atoms with Gasteiger partial charge in [-0.05, 0) is 48.1 Å². The minimum Gasteiger partial charge on any atom is -0.309 e. The van der Waals surface area contributed by atoms with Gasteiger partial charge in [-0.15, -0.1) is 0 Å². The van der Waals surface area contributed by atoms with Crippen LogP contribution < -0.4 is 5.32 Å². The maximum Gasteiger partial charge on any atom is 0.0213 e. The molecule has 0 spiro atoms. The van der Waals surface area contributed by atoms with Gasteiger partial charge in [0.25, 0.3) is 0 Å². The smallest absolute Gasteiger partial charge is 0.0213 e. The molecule has 100 valence electrons. The highest BCUT2D eigenvalue weighted by atomic mass is 14.8. The fraction of sp³-hybridized carbons (Fsp3) is 0.333. The van der Waals surface area contributed by atoms with Crippen LogP contribution in [0.1, 0.15) is 34.7 Å². The molecule has 0 atom stereocenters. The number of nitrogens with one attached hydrogen (secondary N) is 1. The number of hydrogen-bond acceptors (Lipinski definition) is 1. The van der Waals surface area contributed by atoms with Crippen molar-refractivity contribution in [1.82, 2.24) is 5.32 Å². The lowest BCUT2D eigenvalue weighted by Crippen LogP contribution is -2.15. The zero-order chi connectivity index (χ0) is 13.7. The Morgan fingerprint density at radius 3 is 2.05 bits per heavy atom. The van der Waals surface area contributed by atoms with Crippen LogP contribution in [0.25, 0.3) is 0 Å². The normalized spacial score (nSPS) is 10.7. The van der Waals surface area contributed by atoms with Gasteiger partial charge < -0.3 is 5.32 Å². The van der Waals surface area contributed by atoms with Crippen LogP contribution in [-0.2, 0) is 19.5 Å². The molecule has 0 heterocycles. The third kappa shape index (κ3) is 3.45. The second-order valence-electron chi connectivity index (χ2n) is 5.10. The molecule has 0 saturated heterocycles. The summed E-state index contributed by atoms with van der Waals surface area (Å²) in [5, 5.41) is 3.57. The van der Waals surface area contributed by atoms with Gasteiger partial charge in [0.05, 0.1) is 0 Å². The molecule has 19 heavy (non-hydrogen) atoms. The summed E-state index contributed by atoms with van der Waals surface area (Å²) in [4.78, 5) is 0. The van der Waals surface area contributed by atoms with Crippen LogP contribution in [0.4, 0.5) is 0 Å². The van der Waals surface area contributed by atoms with Gasteiger partial charge in [0, 0.05) is 13.1 Å². The van der Waals surface area contributed by atoms with E-state index in [4.69, 9.17) is 0 Å².